The van der Waals surface area contributed by atoms with Crippen LogP contribution in [0.15, 0.2) is 42.6 Å². The zero-order valence-electron chi connectivity index (χ0n) is 14.9. The third kappa shape index (κ3) is 5.34. The number of nitrogens with one attached hydrogen (secondary N) is 1. The van der Waals surface area contributed by atoms with Crippen molar-refractivity contribution >= 4 is 11.7 Å². The van der Waals surface area contributed by atoms with Crippen molar-refractivity contribution in [2.24, 2.45) is 0 Å². The Morgan fingerprint density at radius 1 is 1.14 bits per heavy atom. The molecule has 1 fully saturated rings. The van der Waals surface area contributed by atoms with Crippen LogP contribution in [-0.4, -0.2) is 36.6 Å². The Morgan fingerprint density at radius 2 is 1.82 bits per heavy atom. The molecular formula is C19H19F4N3O2. The van der Waals surface area contributed by atoms with E-state index < -0.39 is 11.7 Å². The largest absolute Gasteiger partial charge is 0.484 e. The molecule has 28 heavy (non-hydrogen) atoms. The minimum atomic E-state index is -4.40. The lowest BCUT2D eigenvalue weighted by Gasteiger charge is -2.33. The Kier molecular flexibility index (Phi) is 6.01. The summed E-state index contributed by atoms with van der Waals surface area (Å²) in [6.45, 7) is 0.969. The van der Waals surface area contributed by atoms with E-state index in [9.17, 15) is 22.4 Å². The van der Waals surface area contributed by atoms with E-state index in [-0.39, 0.29) is 24.4 Å². The average Bonchev–Trinajstić information content (AvgIpc) is 2.68. The third-order valence-corrected chi connectivity index (χ3v) is 4.44. The van der Waals surface area contributed by atoms with E-state index in [0.717, 1.165) is 12.3 Å². The smallest absolute Gasteiger partial charge is 0.417 e. The molecule has 2 aromatic rings. The Bertz CT molecular complexity index is 786. The van der Waals surface area contributed by atoms with Gasteiger partial charge in [-0.15, -0.1) is 0 Å². The zero-order valence-corrected chi connectivity index (χ0v) is 14.9. The predicted molar refractivity (Wildman–Crippen MR) is 94.5 cm³/mol. The number of ether oxygens (including phenoxy) is 1. The molecule has 2 heterocycles. The maximum atomic E-state index is 12.8. The number of hydrogen-bond donors (Lipinski definition) is 1. The summed E-state index contributed by atoms with van der Waals surface area (Å²) in [5, 5.41) is 2.87. The Morgan fingerprint density at radius 3 is 2.39 bits per heavy atom. The molecule has 1 saturated heterocycles. The van der Waals surface area contributed by atoms with Crippen molar-refractivity contribution in [2.45, 2.75) is 25.1 Å². The highest BCUT2D eigenvalue weighted by molar-refractivity contribution is 5.77. The van der Waals surface area contributed by atoms with Crippen LogP contribution >= 0.6 is 0 Å². The summed E-state index contributed by atoms with van der Waals surface area (Å²) in [4.78, 5) is 17.8. The van der Waals surface area contributed by atoms with Gasteiger partial charge in [-0.2, -0.15) is 13.2 Å². The van der Waals surface area contributed by atoms with Crippen LogP contribution < -0.4 is 15.0 Å². The van der Waals surface area contributed by atoms with Crippen LogP contribution in [0.1, 0.15) is 18.4 Å². The number of carbonyl (C=O) groups is 1. The van der Waals surface area contributed by atoms with E-state index in [0.29, 0.717) is 37.5 Å². The molecule has 0 radical (unpaired) electrons. The molecule has 0 aliphatic carbocycles. The summed E-state index contributed by atoms with van der Waals surface area (Å²) in [6, 6.07) is 7.71. The first-order chi connectivity index (χ1) is 13.3. The molecule has 0 saturated carbocycles. The molecule has 150 valence electrons. The number of halogens is 4. The number of aromatic nitrogens is 1. The van der Waals surface area contributed by atoms with E-state index in [1.807, 2.05) is 4.90 Å². The zero-order chi connectivity index (χ0) is 20.1. The minimum Gasteiger partial charge on any atom is -0.484 e. The molecule has 0 spiro atoms. The number of carbonyl (C=O) groups excluding carboxylic acids is 1. The van der Waals surface area contributed by atoms with Crippen LogP contribution in [0.5, 0.6) is 5.75 Å². The summed E-state index contributed by atoms with van der Waals surface area (Å²) in [7, 11) is 0. The highest BCUT2D eigenvalue weighted by atomic mass is 19.4. The molecule has 0 bridgehead atoms. The van der Waals surface area contributed by atoms with Crippen LogP contribution in [0.25, 0.3) is 0 Å². The number of alkyl halides is 3. The van der Waals surface area contributed by atoms with Crippen molar-refractivity contribution in [1.82, 2.24) is 10.3 Å². The number of benzene rings is 1. The average molecular weight is 397 g/mol. The van der Waals surface area contributed by atoms with E-state index in [2.05, 4.69) is 10.3 Å². The van der Waals surface area contributed by atoms with Gasteiger partial charge in [0.25, 0.3) is 5.91 Å². The third-order valence-electron chi connectivity index (χ3n) is 4.44. The lowest BCUT2D eigenvalue weighted by atomic mass is 10.0. The molecule has 1 N–H and O–H groups in total. The molecule has 5 nitrogen and oxygen atoms in total. The van der Waals surface area contributed by atoms with Gasteiger partial charge in [0, 0.05) is 25.3 Å². The number of pyridine rings is 1. The number of hydrogen-bond acceptors (Lipinski definition) is 4. The van der Waals surface area contributed by atoms with Gasteiger partial charge >= 0.3 is 6.18 Å². The SMILES string of the molecule is O=C(COc1ccc(F)cc1)NC1CCN(c2ccc(C(F)(F)F)cn2)CC1. The topological polar surface area (TPSA) is 54.5 Å². The monoisotopic (exact) mass is 397 g/mol. The van der Waals surface area contributed by atoms with Gasteiger partial charge in [-0.05, 0) is 49.2 Å². The Balaban J connectivity index is 1.43. The number of amides is 1. The molecule has 1 aromatic heterocycles. The first kappa shape index (κ1) is 19.9. The van der Waals surface area contributed by atoms with Crippen molar-refractivity contribution in [2.75, 3.05) is 24.6 Å². The van der Waals surface area contributed by atoms with Gasteiger partial charge in [0.15, 0.2) is 6.61 Å². The second kappa shape index (κ2) is 8.45. The van der Waals surface area contributed by atoms with E-state index in [4.69, 9.17) is 4.74 Å². The number of nitrogens with zero attached hydrogens (tertiary/aromatic N) is 2. The van der Waals surface area contributed by atoms with E-state index in [1.54, 1.807) is 0 Å². The van der Waals surface area contributed by atoms with E-state index in [1.165, 1.54) is 30.3 Å². The summed E-state index contributed by atoms with van der Waals surface area (Å²) < 4.78 is 55.9. The van der Waals surface area contributed by atoms with Gasteiger partial charge in [-0.25, -0.2) is 9.37 Å². The number of piperidine rings is 1. The van der Waals surface area contributed by atoms with Crippen LogP contribution in [0, 0.1) is 5.82 Å². The van der Waals surface area contributed by atoms with Gasteiger partial charge < -0.3 is 15.0 Å². The molecule has 1 aliphatic heterocycles. The fourth-order valence-corrected chi connectivity index (χ4v) is 2.94. The van der Waals surface area contributed by atoms with Crippen LogP contribution in [0.2, 0.25) is 0 Å². The Hall–Kier alpha value is -2.84. The molecule has 0 unspecified atom stereocenters. The fraction of sp³-hybridized carbons (Fsp3) is 0.368. The Labute approximate surface area is 159 Å². The van der Waals surface area contributed by atoms with Crippen molar-refractivity contribution in [3.8, 4) is 5.75 Å². The molecule has 1 aliphatic rings. The predicted octanol–water partition coefficient (Wildman–Crippen LogP) is 3.40. The lowest BCUT2D eigenvalue weighted by Crippen LogP contribution is -2.46. The minimum absolute atomic E-state index is 0.0463. The first-order valence-corrected chi connectivity index (χ1v) is 8.77. The molecule has 1 aromatic carbocycles. The van der Waals surface area contributed by atoms with E-state index >= 15 is 0 Å². The van der Waals surface area contributed by atoms with Gasteiger partial charge in [0.05, 0.1) is 5.56 Å². The summed E-state index contributed by atoms with van der Waals surface area (Å²) in [6.07, 6.45) is -2.29. The van der Waals surface area contributed by atoms with Crippen LogP contribution in [0.3, 0.4) is 0 Å². The van der Waals surface area contributed by atoms with Gasteiger partial charge in [-0.1, -0.05) is 0 Å². The summed E-state index contributed by atoms with van der Waals surface area (Å²) in [5.41, 5.74) is -0.778. The van der Waals surface area contributed by atoms with Gasteiger partial charge in [0.2, 0.25) is 0 Å². The molecule has 9 heteroatoms. The maximum absolute atomic E-state index is 12.8. The molecule has 3 rings (SSSR count). The number of anilines is 1. The summed E-state index contributed by atoms with van der Waals surface area (Å²) >= 11 is 0. The quantitative estimate of drug-likeness (QED) is 0.786. The van der Waals surface area contributed by atoms with Crippen LogP contribution in [-0.2, 0) is 11.0 Å². The maximum Gasteiger partial charge on any atom is 0.417 e. The van der Waals surface area contributed by atoms with Crippen molar-refractivity contribution in [3.63, 3.8) is 0 Å². The molecule has 1 amide bonds. The van der Waals surface area contributed by atoms with Crippen LogP contribution in [0.4, 0.5) is 23.4 Å². The normalized spacial score (nSPS) is 15.4. The van der Waals surface area contributed by atoms with Crippen molar-refractivity contribution < 1.29 is 27.1 Å². The second-order valence-electron chi connectivity index (χ2n) is 6.47. The fourth-order valence-electron chi connectivity index (χ4n) is 2.94. The van der Waals surface area contributed by atoms with Crippen molar-refractivity contribution in [1.29, 1.82) is 0 Å². The second-order valence-corrected chi connectivity index (χ2v) is 6.47. The van der Waals surface area contributed by atoms with Gasteiger partial charge in [-0.3, -0.25) is 4.79 Å². The highest BCUT2D eigenvalue weighted by Crippen LogP contribution is 2.29. The standard InChI is InChI=1S/C19H19F4N3O2/c20-14-2-4-16(5-3-14)28-12-18(27)25-15-7-9-26(10-8-15)17-6-1-13(11-24-17)19(21,22)23/h1-6,11,15H,7-10,12H2,(H,25,27). The lowest BCUT2D eigenvalue weighted by molar-refractivity contribution is -0.137. The number of rotatable bonds is 5. The van der Waals surface area contributed by atoms with Crippen molar-refractivity contribution in [3.05, 3.63) is 54.0 Å². The molecule has 0 atom stereocenters. The molecular weight excluding hydrogens is 378 g/mol. The summed E-state index contributed by atoms with van der Waals surface area (Å²) in [5.74, 6) is 0.221. The first-order valence-electron chi connectivity index (χ1n) is 8.77. The van der Waals surface area contributed by atoms with Gasteiger partial charge in [0.1, 0.15) is 17.4 Å². The highest BCUT2D eigenvalue weighted by Gasteiger charge is 2.31.